The number of hydrogen-bond acceptors (Lipinski definition) is 9. The van der Waals surface area contributed by atoms with Gasteiger partial charge in [0, 0.05) is 25.2 Å². The lowest BCUT2D eigenvalue weighted by Crippen LogP contribution is -2.21. The van der Waals surface area contributed by atoms with Gasteiger partial charge in [0.1, 0.15) is 0 Å². The second-order valence-electron chi connectivity index (χ2n) is 6.32. The number of nitrogens with one attached hydrogen (secondary N) is 3. The van der Waals surface area contributed by atoms with E-state index in [2.05, 4.69) is 44.7 Å². The molecule has 0 atom stereocenters. The van der Waals surface area contributed by atoms with Crippen LogP contribution in [0.2, 0.25) is 0 Å². The van der Waals surface area contributed by atoms with Crippen molar-refractivity contribution in [3.05, 3.63) is 0 Å². The first kappa shape index (κ1) is 20.6. The van der Waals surface area contributed by atoms with Crippen LogP contribution in [0.15, 0.2) is 0 Å². The molecular weight excluding hydrogens is 334 g/mol. The van der Waals surface area contributed by atoms with Crippen molar-refractivity contribution in [1.29, 1.82) is 0 Å². The quantitative estimate of drug-likeness (QED) is 0.341. The van der Waals surface area contributed by atoms with Crippen LogP contribution < -0.4 is 21.7 Å². The molecule has 1 aromatic rings. The Kier molecular flexibility index (Phi) is 9.36. The van der Waals surface area contributed by atoms with Gasteiger partial charge >= 0.3 is 0 Å². The highest BCUT2D eigenvalue weighted by Crippen LogP contribution is 2.23. The van der Waals surface area contributed by atoms with Gasteiger partial charge in [-0.1, -0.05) is 13.8 Å². The van der Waals surface area contributed by atoms with Crippen LogP contribution in [0.4, 0.5) is 17.8 Å². The van der Waals surface area contributed by atoms with Gasteiger partial charge in [0.2, 0.25) is 17.8 Å². The van der Waals surface area contributed by atoms with Gasteiger partial charge in [-0.3, -0.25) is 0 Å². The Morgan fingerprint density at radius 2 is 1.62 bits per heavy atom. The van der Waals surface area contributed by atoms with Gasteiger partial charge in [-0.2, -0.15) is 15.0 Å². The minimum atomic E-state index is 0.357. The van der Waals surface area contributed by atoms with Crippen LogP contribution in [0.1, 0.15) is 39.5 Å². The number of nitrogens with zero attached hydrogens (tertiary/aromatic N) is 3. The van der Waals surface area contributed by atoms with Gasteiger partial charge in [-0.05, 0) is 25.7 Å². The van der Waals surface area contributed by atoms with Crippen LogP contribution in [-0.4, -0.2) is 66.6 Å². The number of nitrogens with two attached hydrogens (primary N) is 1. The first-order valence-corrected chi connectivity index (χ1v) is 9.63. The normalized spacial score (nSPS) is 13.8. The maximum Gasteiger partial charge on any atom is 0.229 e. The van der Waals surface area contributed by atoms with E-state index in [4.69, 9.17) is 15.2 Å². The van der Waals surface area contributed by atoms with Gasteiger partial charge in [0.25, 0.3) is 0 Å². The Bertz CT molecular complexity index is 510. The second kappa shape index (κ2) is 11.8. The van der Waals surface area contributed by atoms with E-state index in [0.29, 0.717) is 69.4 Å². The van der Waals surface area contributed by atoms with Gasteiger partial charge in [0.15, 0.2) is 0 Å². The zero-order chi connectivity index (χ0) is 18.6. The predicted molar refractivity (Wildman–Crippen MR) is 104 cm³/mol. The van der Waals surface area contributed by atoms with E-state index in [1.807, 2.05) is 0 Å². The summed E-state index contributed by atoms with van der Waals surface area (Å²) in [5, 5.41) is 9.92. The van der Waals surface area contributed by atoms with Crippen molar-refractivity contribution in [3.8, 4) is 0 Å². The molecule has 0 aliphatic heterocycles. The third-order valence-electron chi connectivity index (χ3n) is 4.03. The van der Waals surface area contributed by atoms with Gasteiger partial charge < -0.3 is 31.2 Å². The second-order valence-corrected chi connectivity index (χ2v) is 6.32. The van der Waals surface area contributed by atoms with E-state index in [1.54, 1.807) is 0 Å². The fourth-order valence-electron chi connectivity index (χ4n) is 2.31. The maximum atomic E-state index is 5.51. The average Bonchev–Trinajstić information content (AvgIpc) is 3.45. The highest BCUT2D eigenvalue weighted by Gasteiger charge is 2.22. The molecule has 0 bridgehead atoms. The number of anilines is 3. The summed E-state index contributed by atoms with van der Waals surface area (Å²) in [6.07, 6.45) is 4.39. The summed E-state index contributed by atoms with van der Waals surface area (Å²) >= 11 is 0. The minimum Gasteiger partial charge on any atom is -0.378 e. The average molecular weight is 367 g/mol. The molecule has 26 heavy (non-hydrogen) atoms. The standard InChI is InChI=1S/C17H33N7O2/c1-3-13(4-2)20-16-22-15(23-17(24-16)21-14-5-6-14)19-8-10-26-12-11-25-9-7-18/h13-14H,3-12,18H2,1-2H3,(H3,19,20,21,22,23,24). The number of aromatic nitrogens is 3. The Morgan fingerprint density at radius 3 is 2.27 bits per heavy atom. The smallest absolute Gasteiger partial charge is 0.229 e. The number of ether oxygens (including phenoxy) is 2. The van der Waals surface area contributed by atoms with Crippen molar-refractivity contribution in [3.63, 3.8) is 0 Å². The van der Waals surface area contributed by atoms with Crippen molar-refractivity contribution in [2.75, 3.05) is 55.5 Å². The molecule has 9 heteroatoms. The molecule has 1 saturated carbocycles. The largest absolute Gasteiger partial charge is 0.378 e. The molecule has 1 fully saturated rings. The molecule has 1 aromatic heterocycles. The van der Waals surface area contributed by atoms with Crippen LogP contribution >= 0.6 is 0 Å². The summed E-state index contributed by atoms with van der Waals surface area (Å²) in [6.45, 7) is 7.68. The lowest BCUT2D eigenvalue weighted by Gasteiger charge is -2.16. The fraction of sp³-hybridized carbons (Fsp3) is 0.824. The molecule has 5 N–H and O–H groups in total. The van der Waals surface area contributed by atoms with Crippen LogP contribution in [0, 0.1) is 0 Å². The van der Waals surface area contributed by atoms with Gasteiger partial charge in [-0.25, -0.2) is 0 Å². The van der Waals surface area contributed by atoms with Crippen molar-refractivity contribution >= 4 is 17.8 Å². The molecule has 0 unspecified atom stereocenters. The first-order chi connectivity index (χ1) is 12.7. The summed E-state index contributed by atoms with van der Waals surface area (Å²) < 4.78 is 10.8. The Balaban J connectivity index is 1.81. The molecule has 0 spiro atoms. The SMILES string of the molecule is CCC(CC)Nc1nc(NCCOCCOCCN)nc(NC2CC2)n1. The summed E-state index contributed by atoms with van der Waals surface area (Å²) in [6, 6.07) is 0.846. The molecule has 1 aliphatic carbocycles. The van der Waals surface area contributed by atoms with Crippen LogP contribution in [-0.2, 0) is 9.47 Å². The van der Waals surface area contributed by atoms with E-state index in [0.717, 1.165) is 12.8 Å². The molecule has 0 radical (unpaired) electrons. The summed E-state index contributed by atoms with van der Waals surface area (Å²) in [7, 11) is 0. The Labute approximate surface area is 155 Å². The highest BCUT2D eigenvalue weighted by molar-refractivity contribution is 5.43. The van der Waals surface area contributed by atoms with Crippen molar-refractivity contribution < 1.29 is 9.47 Å². The zero-order valence-electron chi connectivity index (χ0n) is 16.0. The monoisotopic (exact) mass is 367 g/mol. The molecule has 148 valence electrons. The van der Waals surface area contributed by atoms with Crippen molar-refractivity contribution in [1.82, 2.24) is 15.0 Å². The summed E-state index contributed by atoms with van der Waals surface area (Å²) in [4.78, 5) is 13.4. The van der Waals surface area contributed by atoms with Gasteiger partial charge in [-0.15, -0.1) is 0 Å². The molecule has 0 aromatic carbocycles. The van der Waals surface area contributed by atoms with E-state index >= 15 is 0 Å². The maximum absolute atomic E-state index is 5.51. The van der Waals surface area contributed by atoms with Gasteiger partial charge in [0.05, 0.1) is 26.4 Å². The number of hydrogen-bond donors (Lipinski definition) is 4. The Hall–Kier alpha value is -1.71. The van der Waals surface area contributed by atoms with Crippen LogP contribution in [0.3, 0.4) is 0 Å². The summed E-state index contributed by atoms with van der Waals surface area (Å²) in [5.41, 5.74) is 5.36. The van der Waals surface area contributed by atoms with E-state index < -0.39 is 0 Å². The molecule has 0 saturated heterocycles. The molecule has 9 nitrogen and oxygen atoms in total. The lowest BCUT2D eigenvalue weighted by molar-refractivity contribution is 0.0547. The van der Waals surface area contributed by atoms with Crippen LogP contribution in [0.5, 0.6) is 0 Å². The third kappa shape index (κ3) is 8.11. The molecular formula is C17H33N7O2. The first-order valence-electron chi connectivity index (χ1n) is 9.63. The fourth-order valence-corrected chi connectivity index (χ4v) is 2.31. The molecule has 2 rings (SSSR count). The summed E-state index contributed by atoms with van der Waals surface area (Å²) in [5.74, 6) is 1.78. The van der Waals surface area contributed by atoms with E-state index in [1.165, 1.54) is 12.8 Å². The van der Waals surface area contributed by atoms with Crippen molar-refractivity contribution in [2.45, 2.75) is 51.6 Å². The molecule has 1 aliphatic rings. The van der Waals surface area contributed by atoms with E-state index in [-0.39, 0.29) is 0 Å². The Morgan fingerprint density at radius 1 is 0.962 bits per heavy atom. The lowest BCUT2D eigenvalue weighted by atomic mass is 10.2. The number of rotatable bonds is 15. The topological polar surface area (TPSA) is 119 Å². The van der Waals surface area contributed by atoms with E-state index in [9.17, 15) is 0 Å². The zero-order valence-corrected chi connectivity index (χ0v) is 16.0. The highest BCUT2D eigenvalue weighted by atomic mass is 16.5. The predicted octanol–water partition coefficient (Wildman–Crippen LogP) is 1.45. The minimum absolute atomic E-state index is 0.357. The molecule has 0 amide bonds. The third-order valence-corrected chi connectivity index (χ3v) is 4.03. The molecule has 1 heterocycles. The van der Waals surface area contributed by atoms with Crippen molar-refractivity contribution in [2.24, 2.45) is 5.73 Å². The van der Waals surface area contributed by atoms with Crippen LogP contribution in [0.25, 0.3) is 0 Å².